The number of nitrogens with one attached hydrogen (secondary N) is 1. The van der Waals surface area contributed by atoms with E-state index in [1.54, 1.807) is 11.6 Å². The molecule has 1 heterocycles. The van der Waals surface area contributed by atoms with E-state index in [4.69, 9.17) is 0 Å². The second-order valence-electron chi connectivity index (χ2n) is 3.65. The van der Waals surface area contributed by atoms with Gasteiger partial charge in [-0.05, 0) is 24.6 Å². The quantitative estimate of drug-likeness (QED) is 0.693. The molecule has 1 aliphatic rings. The summed E-state index contributed by atoms with van der Waals surface area (Å²) < 4.78 is 38.8. The van der Waals surface area contributed by atoms with Gasteiger partial charge in [-0.3, -0.25) is 4.79 Å². The normalized spacial score (nSPS) is 17.2. The van der Waals surface area contributed by atoms with Gasteiger partial charge in [-0.1, -0.05) is 0 Å². The van der Waals surface area contributed by atoms with Gasteiger partial charge in [0, 0.05) is 51.4 Å². The standard InChI is InChI=1S/C9H9FN2O4S.K/c1-5-2-6(10)9(7(13)3-5)12-4-8(14)11-17(12,15)16;/h2-3,13H,4H2,1H3,(H,11,14);. The summed E-state index contributed by atoms with van der Waals surface area (Å²) in [5, 5.41) is 9.57. The van der Waals surface area contributed by atoms with E-state index in [9.17, 15) is 22.7 Å². The molecule has 0 unspecified atom stereocenters. The van der Waals surface area contributed by atoms with Crippen LogP contribution in [0.1, 0.15) is 5.56 Å². The Morgan fingerprint density at radius 2 is 2.06 bits per heavy atom. The van der Waals surface area contributed by atoms with E-state index < -0.39 is 39.9 Å². The van der Waals surface area contributed by atoms with Crippen LogP contribution in [0.2, 0.25) is 0 Å². The van der Waals surface area contributed by atoms with Crippen LogP contribution in [0, 0.1) is 12.7 Å². The summed E-state index contributed by atoms with van der Waals surface area (Å²) in [4.78, 5) is 11.0. The van der Waals surface area contributed by atoms with Gasteiger partial charge in [0.05, 0.1) is 0 Å². The number of carbonyl (C=O) groups is 1. The van der Waals surface area contributed by atoms with E-state index in [1.165, 1.54) is 6.07 Å². The molecule has 0 spiro atoms. The van der Waals surface area contributed by atoms with Gasteiger partial charge in [-0.25, -0.2) is 13.4 Å². The predicted molar refractivity (Wildman–Crippen MR) is 63.0 cm³/mol. The Kier molecular flexibility index (Phi) is 4.79. The van der Waals surface area contributed by atoms with Crippen LogP contribution in [0.25, 0.3) is 0 Å². The maximum Gasteiger partial charge on any atom is 0.326 e. The fourth-order valence-corrected chi connectivity index (χ4v) is 2.78. The van der Waals surface area contributed by atoms with E-state index in [2.05, 4.69) is 0 Å². The molecule has 0 aromatic heterocycles. The molecule has 18 heavy (non-hydrogen) atoms. The third kappa shape index (κ3) is 2.86. The number of carbonyl (C=O) groups excluding carboxylic acids is 1. The number of hydrogen-bond donors (Lipinski definition) is 2. The second-order valence-corrected chi connectivity index (χ2v) is 5.25. The first-order chi connectivity index (χ1) is 7.81. The number of hydrogen-bond acceptors (Lipinski definition) is 4. The number of nitrogens with zero attached hydrogens (tertiary/aromatic N) is 1. The first-order valence-corrected chi connectivity index (χ1v) is 6.07. The van der Waals surface area contributed by atoms with Crippen LogP contribution >= 0.6 is 0 Å². The Morgan fingerprint density at radius 3 is 2.50 bits per heavy atom. The molecule has 0 bridgehead atoms. The van der Waals surface area contributed by atoms with Gasteiger partial charge in [-0.15, -0.1) is 0 Å². The molecule has 1 aromatic rings. The number of anilines is 1. The van der Waals surface area contributed by atoms with Crippen LogP contribution in [0.15, 0.2) is 12.1 Å². The number of phenols is 1. The molecule has 93 valence electrons. The van der Waals surface area contributed by atoms with Crippen LogP contribution < -0.4 is 9.03 Å². The van der Waals surface area contributed by atoms with Crippen LogP contribution in [0.5, 0.6) is 5.75 Å². The molecule has 0 aliphatic carbocycles. The molecule has 2 N–H and O–H groups in total. The first kappa shape index (κ1) is 15.9. The van der Waals surface area contributed by atoms with Crippen molar-refractivity contribution < 1.29 is 22.7 Å². The molecular formula is C9H9FKN2O4S. The third-order valence-electron chi connectivity index (χ3n) is 2.26. The van der Waals surface area contributed by atoms with E-state index in [0.29, 0.717) is 9.87 Å². The number of rotatable bonds is 1. The fourth-order valence-electron chi connectivity index (χ4n) is 1.61. The minimum atomic E-state index is -4.11. The Balaban J connectivity index is 0.00000162. The third-order valence-corrected chi connectivity index (χ3v) is 3.63. The van der Waals surface area contributed by atoms with Crippen molar-refractivity contribution in [1.82, 2.24) is 4.72 Å². The summed E-state index contributed by atoms with van der Waals surface area (Å²) in [5.41, 5.74) is -0.0754. The zero-order chi connectivity index (χ0) is 12.8. The maximum atomic E-state index is 13.6. The predicted octanol–water partition coefficient (Wildman–Crippen LogP) is -0.360. The second kappa shape index (κ2) is 5.43. The molecule has 1 saturated heterocycles. The van der Waals surface area contributed by atoms with Gasteiger partial charge in [-0.2, -0.15) is 8.42 Å². The Bertz CT molecular complexity index is 582. The molecule has 0 atom stereocenters. The summed E-state index contributed by atoms with van der Waals surface area (Å²) in [5.74, 6) is -2.20. The van der Waals surface area contributed by atoms with Crippen molar-refractivity contribution in [1.29, 1.82) is 0 Å². The van der Waals surface area contributed by atoms with Gasteiger partial charge in [0.25, 0.3) is 5.91 Å². The van der Waals surface area contributed by atoms with Crippen molar-refractivity contribution in [3.8, 4) is 5.75 Å². The average molecular weight is 299 g/mol. The summed E-state index contributed by atoms with van der Waals surface area (Å²) in [6.45, 7) is 1.00. The molecule has 1 amide bonds. The van der Waals surface area contributed by atoms with Gasteiger partial charge in [0.15, 0.2) is 5.82 Å². The topological polar surface area (TPSA) is 86.7 Å². The van der Waals surface area contributed by atoms with Gasteiger partial charge in [0.1, 0.15) is 18.0 Å². The smallest absolute Gasteiger partial charge is 0.326 e. The van der Waals surface area contributed by atoms with Crippen molar-refractivity contribution in [3.63, 3.8) is 0 Å². The molecule has 1 radical (unpaired) electrons. The number of halogens is 1. The zero-order valence-electron chi connectivity index (χ0n) is 9.77. The van der Waals surface area contributed by atoms with Crippen LogP contribution in [0.3, 0.4) is 0 Å². The SMILES string of the molecule is Cc1cc(O)c(N2CC(=O)NS2(=O)=O)c(F)c1.[K]. The van der Waals surface area contributed by atoms with Gasteiger partial charge in [0.2, 0.25) is 0 Å². The largest absolute Gasteiger partial charge is 0.506 e. The fraction of sp³-hybridized carbons (Fsp3) is 0.222. The summed E-state index contributed by atoms with van der Waals surface area (Å²) in [6, 6.07) is 2.30. The summed E-state index contributed by atoms with van der Waals surface area (Å²) in [6.07, 6.45) is 0. The maximum absolute atomic E-state index is 13.6. The minimum absolute atomic E-state index is 0. The molecule has 2 rings (SSSR count). The van der Waals surface area contributed by atoms with Gasteiger partial charge >= 0.3 is 10.2 Å². The number of aryl methyl sites for hydroxylation is 1. The van der Waals surface area contributed by atoms with Crippen LogP contribution in [0.4, 0.5) is 10.1 Å². The summed E-state index contributed by atoms with van der Waals surface area (Å²) >= 11 is 0. The summed E-state index contributed by atoms with van der Waals surface area (Å²) in [7, 11) is -4.11. The van der Waals surface area contributed by atoms with Gasteiger partial charge < -0.3 is 5.11 Å². The Hall–Kier alpha value is -0.194. The molecule has 6 nitrogen and oxygen atoms in total. The minimum Gasteiger partial charge on any atom is -0.506 e. The molecular weight excluding hydrogens is 290 g/mol. The molecule has 0 saturated carbocycles. The van der Waals surface area contributed by atoms with Crippen molar-refractivity contribution >= 4 is 73.2 Å². The first-order valence-electron chi connectivity index (χ1n) is 4.63. The number of phenolic OH excluding ortho intramolecular Hbond substituents is 1. The Labute approximate surface area is 146 Å². The Morgan fingerprint density at radius 1 is 1.44 bits per heavy atom. The van der Waals surface area contributed by atoms with Crippen LogP contribution in [-0.2, 0) is 15.0 Å². The molecule has 1 aliphatic heterocycles. The number of aromatic hydroxyl groups is 1. The average Bonchev–Trinajstić information content (AvgIpc) is 2.37. The zero-order valence-corrected chi connectivity index (χ0v) is 13.7. The van der Waals surface area contributed by atoms with Crippen molar-refractivity contribution in [3.05, 3.63) is 23.5 Å². The number of amides is 1. The monoisotopic (exact) mass is 299 g/mol. The van der Waals surface area contributed by atoms with E-state index in [0.717, 1.165) is 6.07 Å². The van der Waals surface area contributed by atoms with Crippen molar-refractivity contribution in [2.75, 3.05) is 10.8 Å². The van der Waals surface area contributed by atoms with Crippen LogP contribution in [-0.4, -0.2) is 77.4 Å². The molecule has 1 fully saturated rings. The van der Waals surface area contributed by atoms with E-state index in [-0.39, 0.29) is 51.4 Å². The molecule has 1 aromatic carbocycles. The van der Waals surface area contributed by atoms with E-state index >= 15 is 0 Å². The molecule has 9 heteroatoms. The number of benzene rings is 1. The van der Waals surface area contributed by atoms with E-state index in [1.807, 2.05) is 0 Å². The van der Waals surface area contributed by atoms with Crippen molar-refractivity contribution in [2.45, 2.75) is 6.92 Å². The van der Waals surface area contributed by atoms with Crippen molar-refractivity contribution in [2.24, 2.45) is 0 Å².